The van der Waals surface area contributed by atoms with Crippen LogP contribution in [0.5, 0.6) is 0 Å². The van der Waals surface area contributed by atoms with Gasteiger partial charge in [0.25, 0.3) is 0 Å². The highest BCUT2D eigenvalue weighted by molar-refractivity contribution is 9.10. The molecule has 0 N–H and O–H groups in total. The van der Waals surface area contributed by atoms with Crippen molar-refractivity contribution in [2.24, 2.45) is 0 Å². The van der Waals surface area contributed by atoms with Gasteiger partial charge in [0.05, 0.1) is 4.47 Å². The summed E-state index contributed by atoms with van der Waals surface area (Å²) in [4.78, 5) is 0. The third-order valence-corrected chi connectivity index (χ3v) is 3.65. The summed E-state index contributed by atoms with van der Waals surface area (Å²) < 4.78 is 6.96. The Morgan fingerprint density at radius 3 is 2.21 bits per heavy atom. The van der Waals surface area contributed by atoms with E-state index in [0.717, 1.165) is 27.1 Å². The van der Waals surface area contributed by atoms with Gasteiger partial charge >= 0.3 is 0 Å². The van der Waals surface area contributed by atoms with Crippen LogP contribution in [0.3, 0.4) is 0 Å². The van der Waals surface area contributed by atoms with Gasteiger partial charge in [-0.15, -0.1) is 0 Å². The Kier molecular flexibility index (Phi) is 3.26. The van der Waals surface area contributed by atoms with E-state index in [1.54, 1.807) is 0 Å². The molecule has 1 nitrogen and oxygen atoms in total. The Bertz CT molecular complexity index is 681. The molecule has 0 atom stereocenters. The number of hydrogen-bond donors (Lipinski definition) is 0. The quantitative estimate of drug-likeness (QED) is 0.593. The maximum Gasteiger partial charge on any atom is 0.148 e. The smallest absolute Gasteiger partial charge is 0.148 e. The van der Waals surface area contributed by atoms with Crippen molar-refractivity contribution in [3.8, 4) is 22.6 Å². The molecular weight excluding hydrogens is 300 g/mol. The van der Waals surface area contributed by atoms with Crippen LogP contribution in [0, 0.1) is 6.92 Å². The van der Waals surface area contributed by atoms with E-state index in [-0.39, 0.29) is 0 Å². The molecule has 94 valence electrons. The van der Waals surface area contributed by atoms with E-state index in [4.69, 9.17) is 4.42 Å². The summed E-state index contributed by atoms with van der Waals surface area (Å²) in [5, 5.41) is 0. The van der Waals surface area contributed by atoms with Gasteiger partial charge in [-0.1, -0.05) is 60.2 Å². The lowest BCUT2D eigenvalue weighted by Crippen LogP contribution is -1.76. The minimum atomic E-state index is 0.874. The molecule has 19 heavy (non-hydrogen) atoms. The number of furan rings is 1. The second kappa shape index (κ2) is 5.06. The van der Waals surface area contributed by atoms with Crippen LogP contribution in [-0.2, 0) is 0 Å². The van der Waals surface area contributed by atoms with Crippen LogP contribution in [0.4, 0.5) is 0 Å². The molecule has 3 rings (SSSR count). The predicted octanol–water partition coefficient (Wildman–Crippen LogP) is 5.68. The molecule has 0 saturated heterocycles. The van der Waals surface area contributed by atoms with E-state index >= 15 is 0 Å². The van der Waals surface area contributed by atoms with Gasteiger partial charge in [0.2, 0.25) is 0 Å². The maximum atomic E-state index is 5.98. The molecule has 3 aromatic rings. The zero-order valence-electron chi connectivity index (χ0n) is 10.6. The van der Waals surface area contributed by atoms with E-state index in [1.165, 1.54) is 5.56 Å². The summed E-state index contributed by atoms with van der Waals surface area (Å²) in [6.07, 6.45) is 0. The highest BCUT2D eigenvalue weighted by Crippen LogP contribution is 2.35. The first-order valence-corrected chi connectivity index (χ1v) is 6.95. The second-order valence-electron chi connectivity index (χ2n) is 4.52. The van der Waals surface area contributed by atoms with Crippen LogP contribution in [0.1, 0.15) is 5.56 Å². The van der Waals surface area contributed by atoms with Crippen molar-refractivity contribution in [3.05, 3.63) is 70.7 Å². The lowest BCUT2D eigenvalue weighted by atomic mass is 10.1. The zero-order chi connectivity index (χ0) is 13.2. The summed E-state index contributed by atoms with van der Waals surface area (Å²) in [5.41, 5.74) is 3.41. The summed E-state index contributed by atoms with van der Waals surface area (Å²) >= 11 is 3.58. The monoisotopic (exact) mass is 312 g/mol. The fourth-order valence-corrected chi connectivity index (χ4v) is 2.53. The van der Waals surface area contributed by atoms with Gasteiger partial charge in [-0.05, 0) is 28.9 Å². The third kappa shape index (κ3) is 2.49. The number of benzene rings is 2. The second-order valence-corrected chi connectivity index (χ2v) is 5.37. The minimum absolute atomic E-state index is 0.874. The van der Waals surface area contributed by atoms with E-state index in [9.17, 15) is 0 Å². The first-order chi connectivity index (χ1) is 9.24. The summed E-state index contributed by atoms with van der Waals surface area (Å²) in [6, 6.07) is 20.5. The fraction of sp³-hybridized carbons (Fsp3) is 0.0588. The van der Waals surface area contributed by atoms with Gasteiger partial charge in [-0.2, -0.15) is 0 Å². The van der Waals surface area contributed by atoms with Crippen molar-refractivity contribution in [1.82, 2.24) is 0 Å². The van der Waals surface area contributed by atoms with Gasteiger partial charge in [0.15, 0.2) is 0 Å². The summed E-state index contributed by atoms with van der Waals surface area (Å²) in [5.74, 6) is 1.75. The van der Waals surface area contributed by atoms with Crippen LogP contribution in [0.2, 0.25) is 0 Å². The highest BCUT2D eigenvalue weighted by Gasteiger charge is 2.12. The number of hydrogen-bond acceptors (Lipinski definition) is 1. The van der Waals surface area contributed by atoms with Crippen molar-refractivity contribution < 1.29 is 4.42 Å². The number of rotatable bonds is 2. The lowest BCUT2D eigenvalue weighted by molar-refractivity contribution is 0.596. The van der Waals surface area contributed by atoms with Crippen molar-refractivity contribution in [2.75, 3.05) is 0 Å². The Balaban J connectivity index is 2.05. The third-order valence-electron chi connectivity index (χ3n) is 3.06. The van der Waals surface area contributed by atoms with Gasteiger partial charge in [0.1, 0.15) is 11.5 Å². The van der Waals surface area contributed by atoms with Crippen molar-refractivity contribution >= 4 is 15.9 Å². The van der Waals surface area contributed by atoms with E-state index in [1.807, 2.05) is 36.4 Å². The van der Waals surface area contributed by atoms with E-state index in [0.29, 0.717) is 0 Å². The van der Waals surface area contributed by atoms with Gasteiger partial charge in [0, 0.05) is 11.1 Å². The molecule has 0 spiro atoms. The molecule has 0 aliphatic carbocycles. The van der Waals surface area contributed by atoms with Crippen molar-refractivity contribution in [3.63, 3.8) is 0 Å². The van der Waals surface area contributed by atoms with E-state index < -0.39 is 0 Å². The molecule has 0 aliphatic heterocycles. The van der Waals surface area contributed by atoms with Crippen LogP contribution in [-0.4, -0.2) is 0 Å². The van der Waals surface area contributed by atoms with Crippen LogP contribution in [0.15, 0.2) is 69.6 Å². The SMILES string of the molecule is Cc1ccc(-c2oc(-c3ccccc3)cc2Br)cc1. The molecule has 0 radical (unpaired) electrons. The van der Waals surface area contributed by atoms with Gasteiger partial charge < -0.3 is 4.42 Å². The molecule has 2 heteroatoms. The topological polar surface area (TPSA) is 13.1 Å². The average Bonchev–Trinajstić information content (AvgIpc) is 2.83. The Hall–Kier alpha value is -1.80. The van der Waals surface area contributed by atoms with Crippen LogP contribution in [0.25, 0.3) is 22.6 Å². The Morgan fingerprint density at radius 2 is 1.53 bits per heavy atom. The standard InChI is InChI=1S/C17H13BrO/c1-12-7-9-14(10-8-12)17-15(18)11-16(19-17)13-5-3-2-4-6-13/h2-11H,1H3. The minimum Gasteiger partial charge on any atom is -0.455 e. The largest absolute Gasteiger partial charge is 0.455 e. The molecule has 1 heterocycles. The molecule has 0 unspecified atom stereocenters. The fourth-order valence-electron chi connectivity index (χ4n) is 2.02. The van der Waals surface area contributed by atoms with Crippen molar-refractivity contribution in [2.45, 2.75) is 6.92 Å². The average molecular weight is 313 g/mol. The first kappa shape index (κ1) is 12.2. The summed E-state index contributed by atoms with van der Waals surface area (Å²) in [7, 11) is 0. The predicted molar refractivity (Wildman–Crippen MR) is 82.0 cm³/mol. The highest BCUT2D eigenvalue weighted by atomic mass is 79.9. The van der Waals surface area contributed by atoms with Crippen LogP contribution < -0.4 is 0 Å². The number of halogens is 1. The molecular formula is C17H13BrO. The molecule has 0 aliphatic rings. The summed E-state index contributed by atoms with van der Waals surface area (Å²) in [6.45, 7) is 2.08. The maximum absolute atomic E-state index is 5.98. The lowest BCUT2D eigenvalue weighted by Gasteiger charge is -1.99. The molecule has 1 aromatic heterocycles. The Labute approximate surface area is 121 Å². The van der Waals surface area contributed by atoms with Crippen molar-refractivity contribution in [1.29, 1.82) is 0 Å². The molecule has 0 bridgehead atoms. The molecule has 0 saturated carbocycles. The number of aryl methyl sites for hydroxylation is 1. The molecule has 0 amide bonds. The molecule has 2 aromatic carbocycles. The van der Waals surface area contributed by atoms with Gasteiger partial charge in [-0.25, -0.2) is 0 Å². The van der Waals surface area contributed by atoms with Gasteiger partial charge in [-0.3, -0.25) is 0 Å². The first-order valence-electron chi connectivity index (χ1n) is 6.16. The normalized spacial score (nSPS) is 10.6. The molecule has 0 fully saturated rings. The Morgan fingerprint density at radius 1 is 0.842 bits per heavy atom. The zero-order valence-corrected chi connectivity index (χ0v) is 12.1. The van der Waals surface area contributed by atoms with E-state index in [2.05, 4.69) is 47.1 Å². The van der Waals surface area contributed by atoms with Crippen LogP contribution >= 0.6 is 15.9 Å².